The molecule has 0 spiro atoms. The Balaban J connectivity index is 1.80. The van der Waals surface area contributed by atoms with Gasteiger partial charge in [-0.3, -0.25) is 4.79 Å². The smallest absolute Gasteiger partial charge is 0.343 e. The number of benzene rings is 3. The first-order valence-corrected chi connectivity index (χ1v) is 8.42. The number of anilines is 1. The molecule has 1 N–H and O–H groups in total. The van der Waals surface area contributed by atoms with E-state index in [1.807, 2.05) is 0 Å². The summed E-state index contributed by atoms with van der Waals surface area (Å²) in [5, 5.41) is 3.61. The Kier molecular flexibility index (Phi) is 5.56. The van der Waals surface area contributed by atoms with E-state index in [9.17, 15) is 9.59 Å². The quantitative estimate of drug-likeness (QED) is 0.478. The number of hydrogen-bond donors (Lipinski definition) is 1. The van der Waals surface area contributed by atoms with E-state index in [4.69, 9.17) is 27.9 Å². The zero-order valence-corrected chi connectivity index (χ0v) is 14.9. The minimum atomic E-state index is -0.572. The Morgan fingerprint density at radius 1 is 0.769 bits per heavy atom. The molecule has 0 radical (unpaired) electrons. The van der Waals surface area contributed by atoms with E-state index in [2.05, 4.69) is 5.32 Å². The van der Waals surface area contributed by atoms with Gasteiger partial charge in [-0.1, -0.05) is 47.5 Å². The van der Waals surface area contributed by atoms with Crippen LogP contribution in [0.4, 0.5) is 5.69 Å². The summed E-state index contributed by atoms with van der Waals surface area (Å²) < 4.78 is 5.41. The summed E-state index contributed by atoms with van der Waals surface area (Å²) in [6.07, 6.45) is 0. The fourth-order valence-electron chi connectivity index (χ4n) is 2.26. The minimum Gasteiger partial charge on any atom is -0.421 e. The molecule has 0 fully saturated rings. The van der Waals surface area contributed by atoms with Gasteiger partial charge in [-0.25, -0.2) is 4.79 Å². The lowest BCUT2D eigenvalue weighted by atomic mass is 10.2. The number of carbonyl (C=O) groups excluding carboxylic acids is 2. The fourth-order valence-corrected chi connectivity index (χ4v) is 2.64. The van der Waals surface area contributed by atoms with Crippen molar-refractivity contribution in [2.45, 2.75) is 0 Å². The molecule has 0 aliphatic rings. The summed E-state index contributed by atoms with van der Waals surface area (Å²) in [5.74, 6) is -0.705. The molecule has 0 aliphatic carbocycles. The molecule has 0 bridgehead atoms. The molecular weight excluding hydrogens is 373 g/mol. The van der Waals surface area contributed by atoms with E-state index >= 15 is 0 Å². The number of hydrogen-bond acceptors (Lipinski definition) is 3. The number of ether oxygens (including phenoxy) is 1. The second kappa shape index (κ2) is 8.04. The van der Waals surface area contributed by atoms with Crippen LogP contribution in [0.1, 0.15) is 20.7 Å². The highest BCUT2D eigenvalue weighted by Gasteiger charge is 2.14. The molecule has 0 unspecified atom stereocenters. The second-order valence-corrected chi connectivity index (χ2v) is 6.23. The second-order valence-electron chi connectivity index (χ2n) is 5.36. The van der Waals surface area contributed by atoms with Crippen LogP contribution in [0.5, 0.6) is 5.75 Å². The monoisotopic (exact) mass is 385 g/mol. The van der Waals surface area contributed by atoms with Gasteiger partial charge in [0.1, 0.15) is 0 Å². The molecule has 0 aliphatic heterocycles. The molecule has 1 amide bonds. The Bertz CT molecular complexity index is 894. The van der Waals surface area contributed by atoms with Gasteiger partial charge in [0.15, 0.2) is 5.75 Å². The number of para-hydroxylation sites is 2. The standard InChI is InChI=1S/C20H13Cl2NO3/c21-15-7-3-5-13(11-15)19(24)23-17-9-1-2-10-18(17)26-20(25)14-6-4-8-16(22)12-14/h1-12H,(H,23,24). The van der Waals surface area contributed by atoms with Crippen molar-refractivity contribution < 1.29 is 14.3 Å². The van der Waals surface area contributed by atoms with Gasteiger partial charge in [0.25, 0.3) is 5.91 Å². The van der Waals surface area contributed by atoms with Crippen LogP contribution in [-0.4, -0.2) is 11.9 Å². The molecule has 0 heterocycles. The Morgan fingerprint density at radius 3 is 2.08 bits per heavy atom. The third-order valence-electron chi connectivity index (χ3n) is 3.49. The maximum absolute atomic E-state index is 12.4. The molecule has 0 saturated carbocycles. The minimum absolute atomic E-state index is 0.229. The van der Waals surface area contributed by atoms with Crippen LogP contribution in [0.15, 0.2) is 72.8 Å². The summed E-state index contributed by atoms with van der Waals surface area (Å²) in [6.45, 7) is 0. The van der Waals surface area contributed by atoms with Gasteiger partial charge in [0.05, 0.1) is 11.3 Å². The van der Waals surface area contributed by atoms with Crippen molar-refractivity contribution in [3.05, 3.63) is 94.0 Å². The number of carbonyl (C=O) groups is 2. The van der Waals surface area contributed by atoms with Crippen LogP contribution >= 0.6 is 23.2 Å². The Morgan fingerprint density at radius 2 is 1.38 bits per heavy atom. The van der Waals surface area contributed by atoms with Crippen LogP contribution in [0.3, 0.4) is 0 Å². The molecule has 130 valence electrons. The van der Waals surface area contributed by atoms with Crippen molar-refractivity contribution in [1.82, 2.24) is 0 Å². The molecule has 6 heteroatoms. The molecule has 0 aromatic heterocycles. The van der Waals surface area contributed by atoms with E-state index < -0.39 is 5.97 Å². The molecular formula is C20H13Cl2NO3. The normalized spacial score (nSPS) is 10.2. The van der Waals surface area contributed by atoms with E-state index in [1.165, 1.54) is 6.07 Å². The summed E-state index contributed by atoms with van der Waals surface area (Å²) in [4.78, 5) is 24.7. The number of amides is 1. The molecule has 0 atom stereocenters. The van der Waals surface area contributed by atoms with Crippen LogP contribution in [0.2, 0.25) is 10.0 Å². The zero-order valence-electron chi connectivity index (χ0n) is 13.4. The maximum Gasteiger partial charge on any atom is 0.343 e. The fraction of sp³-hybridized carbons (Fsp3) is 0. The largest absolute Gasteiger partial charge is 0.421 e. The highest BCUT2D eigenvalue weighted by atomic mass is 35.5. The van der Waals surface area contributed by atoms with Crippen LogP contribution in [0.25, 0.3) is 0 Å². The first kappa shape index (κ1) is 18.0. The Hall–Kier alpha value is -2.82. The molecule has 0 saturated heterocycles. The van der Waals surface area contributed by atoms with E-state index in [0.717, 1.165) is 0 Å². The SMILES string of the molecule is O=C(Nc1ccccc1OC(=O)c1cccc(Cl)c1)c1cccc(Cl)c1. The summed E-state index contributed by atoms with van der Waals surface area (Å²) >= 11 is 11.8. The number of nitrogens with one attached hydrogen (secondary N) is 1. The van der Waals surface area contributed by atoms with Crippen molar-refractivity contribution in [2.24, 2.45) is 0 Å². The third kappa shape index (κ3) is 4.42. The van der Waals surface area contributed by atoms with Crippen molar-refractivity contribution in [1.29, 1.82) is 0 Å². The molecule has 26 heavy (non-hydrogen) atoms. The first-order valence-electron chi connectivity index (χ1n) is 7.66. The lowest BCUT2D eigenvalue weighted by Gasteiger charge is -2.11. The van der Waals surface area contributed by atoms with Crippen molar-refractivity contribution in [2.75, 3.05) is 5.32 Å². The van der Waals surface area contributed by atoms with Gasteiger partial charge in [-0.15, -0.1) is 0 Å². The zero-order chi connectivity index (χ0) is 18.5. The molecule has 4 nitrogen and oxygen atoms in total. The predicted molar refractivity (Wildman–Crippen MR) is 102 cm³/mol. The summed E-state index contributed by atoms with van der Waals surface area (Å²) in [7, 11) is 0. The maximum atomic E-state index is 12.4. The van der Waals surface area contributed by atoms with E-state index in [0.29, 0.717) is 26.9 Å². The predicted octanol–water partition coefficient (Wildman–Crippen LogP) is 5.46. The third-order valence-corrected chi connectivity index (χ3v) is 3.96. The van der Waals surface area contributed by atoms with E-state index in [1.54, 1.807) is 66.7 Å². The number of rotatable bonds is 4. The van der Waals surface area contributed by atoms with Crippen molar-refractivity contribution in [3.63, 3.8) is 0 Å². The van der Waals surface area contributed by atoms with Crippen molar-refractivity contribution in [3.8, 4) is 5.75 Å². The lowest BCUT2D eigenvalue weighted by Crippen LogP contribution is -2.15. The highest BCUT2D eigenvalue weighted by molar-refractivity contribution is 6.31. The lowest BCUT2D eigenvalue weighted by molar-refractivity contribution is 0.0734. The Labute approximate surface area is 160 Å². The van der Waals surface area contributed by atoms with Crippen LogP contribution < -0.4 is 10.1 Å². The number of halogens is 2. The molecule has 3 rings (SSSR count). The topological polar surface area (TPSA) is 55.4 Å². The van der Waals surface area contributed by atoms with Gasteiger partial charge in [-0.2, -0.15) is 0 Å². The van der Waals surface area contributed by atoms with Crippen LogP contribution in [-0.2, 0) is 0 Å². The van der Waals surface area contributed by atoms with E-state index in [-0.39, 0.29) is 11.7 Å². The molecule has 3 aromatic carbocycles. The number of esters is 1. The highest BCUT2D eigenvalue weighted by Crippen LogP contribution is 2.26. The van der Waals surface area contributed by atoms with Gasteiger partial charge in [0, 0.05) is 15.6 Å². The van der Waals surface area contributed by atoms with Gasteiger partial charge < -0.3 is 10.1 Å². The van der Waals surface area contributed by atoms with Crippen molar-refractivity contribution >= 4 is 40.8 Å². The van der Waals surface area contributed by atoms with Crippen LogP contribution in [0, 0.1) is 0 Å². The summed E-state index contributed by atoms with van der Waals surface area (Å²) in [5.41, 5.74) is 1.08. The summed E-state index contributed by atoms with van der Waals surface area (Å²) in [6, 6.07) is 19.7. The van der Waals surface area contributed by atoms with Gasteiger partial charge >= 0.3 is 5.97 Å². The average Bonchev–Trinajstić information content (AvgIpc) is 2.63. The average molecular weight is 386 g/mol. The van der Waals surface area contributed by atoms with Gasteiger partial charge in [0.2, 0.25) is 0 Å². The first-order chi connectivity index (χ1) is 12.5. The molecule has 3 aromatic rings. The van der Waals surface area contributed by atoms with Gasteiger partial charge in [-0.05, 0) is 48.5 Å².